The molecule has 6 nitrogen and oxygen atoms in total. The summed E-state index contributed by atoms with van der Waals surface area (Å²) in [5.74, 6) is -0.335. The summed E-state index contributed by atoms with van der Waals surface area (Å²) in [7, 11) is 0. The minimum Gasteiger partial charge on any atom is -0.372 e. The van der Waals surface area contributed by atoms with E-state index in [9.17, 15) is 9.59 Å². The fraction of sp³-hybridized carbons (Fsp3) is 0.188. The van der Waals surface area contributed by atoms with Crippen LogP contribution in [0.2, 0.25) is 5.02 Å². The Morgan fingerprint density at radius 2 is 1.96 bits per heavy atom. The lowest BCUT2D eigenvalue weighted by Gasteiger charge is -2.11. The number of carbonyl (C=O) groups excluding carboxylic acids is 2. The van der Waals surface area contributed by atoms with Crippen molar-refractivity contribution in [2.24, 2.45) is 0 Å². The number of anilines is 2. The van der Waals surface area contributed by atoms with Gasteiger partial charge in [-0.1, -0.05) is 23.7 Å². The number of amides is 2. The van der Waals surface area contributed by atoms with Crippen molar-refractivity contribution in [3.63, 3.8) is 0 Å². The van der Waals surface area contributed by atoms with Crippen molar-refractivity contribution in [2.75, 3.05) is 23.8 Å². The van der Waals surface area contributed by atoms with Crippen LogP contribution in [0.5, 0.6) is 0 Å². The SMILES string of the molecule is CCOCC(=O)Nc1ccccc1C(=O)Nc1ccc(Cl)cn1. The molecule has 0 aliphatic heterocycles. The van der Waals surface area contributed by atoms with Crippen molar-refractivity contribution in [1.82, 2.24) is 4.98 Å². The van der Waals surface area contributed by atoms with Crippen LogP contribution in [0.1, 0.15) is 17.3 Å². The second-order valence-corrected chi connectivity index (χ2v) is 4.98. The van der Waals surface area contributed by atoms with Gasteiger partial charge in [0.1, 0.15) is 12.4 Å². The number of nitrogens with zero attached hydrogens (tertiary/aromatic N) is 1. The quantitative estimate of drug-likeness (QED) is 0.851. The Kier molecular flexibility index (Phi) is 6.08. The van der Waals surface area contributed by atoms with E-state index in [-0.39, 0.29) is 18.4 Å². The molecule has 2 amide bonds. The zero-order valence-corrected chi connectivity index (χ0v) is 13.3. The maximum atomic E-state index is 12.3. The van der Waals surface area contributed by atoms with Crippen LogP contribution in [-0.4, -0.2) is 30.0 Å². The molecule has 1 aromatic carbocycles. The van der Waals surface area contributed by atoms with Crippen LogP contribution < -0.4 is 10.6 Å². The molecule has 0 radical (unpaired) electrons. The van der Waals surface area contributed by atoms with Gasteiger partial charge in [0.15, 0.2) is 0 Å². The first-order valence-electron chi connectivity index (χ1n) is 6.99. The van der Waals surface area contributed by atoms with Crippen molar-refractivity contribution in [2.45, 2.75) is 6.92 Å². The lowest BCUT2D eigenvalue weighted by atomic mass is 10.1. The van der Waals surface area contributed by atoms with Crippen molar-refractivity contribution in [1.29, 1.82) is 0 Å². The molecule has 0 bridgehead atoms. The summed E-state index contributed by atoms with van der Waals surface area (Å²) in [5, 5.41) is 5.78. The number of ether oxygens (including phenoxy) is 1. The third kappa shape index (κ3) is 5.05. The van der Waals surface area contributed by atoms with E-state index in [1.165, 1.54) is 6.20 Å². The number of aromatic nitrogens is 1. The minimum atomic E-state index is -0.382. The lowest BCUT2D eigenvalue weighted by molar-refractivity contribution is -0.120. The highest BCUT2D eigenvalue weighted by atomic mass is 35.5. The Bertz CT molecular complexity index is 689. The highest BCUT2D eigenvalue weighted by molar-refractivity contribution is 6.30. The number of nitrogens with one attached hydrogen (secondary N) is 2. The van der Waals surface area contributed by atoms with Crippen LogP contribution in [0, 0.1) is 0 Å². The van der Waals surface area contributed by atoms with Crippen LogP contribution in [-0.2, 0) is 9.53 Å². The summed E-state index contributed by atoms with van der Waals surface area (Å²) in [6.45, 7) is 2.18. The van der Waals surface area contributed by atoms with Gasteiger partial charge in [0.2, 0.25) is 5.91 Å². The second-order valence-electron chi connectivity index (χ2n) is 4.55. The number of carbonyl (C=O) groups is 2. The third-order valence-electron chi connectivity index (χ3n) is 2.85. The van der Waals surface area contributed by atoms with Gasteiger partial charge in [0, 0.05) is 12.8 Å². The van der Waals surface area contributed by atoms with Crippen molar-refractivity contribution < 1.29 is 14.3 Å². The van der Waals surface area contributed by atoms with Crippen LogP contribution in [0.4, 0.5) is 11.5 Å². The molecule has 7 heteroatoms. The van der Waals surface area contributed by atoms with E-state index in [1.54, 1.807) is 43.3 Å². The first-order valence-corrected chi connectivity index (χ1v) is 7.37. The van der Waals surface area contributed by atoms with E-state index in [1.807, 2.05) is 0 Å². The normalized spacial score (nSPS) is 10.2. The van der Waals surface area contributed by atoms with Gasteiger partial charge in [-0.25, -0.2) is 4.98 Å². The summed E-state index contributed by atoms with van der Waals surface area (Å²) in [6, 6.07) is 9.92. The minimum absolute atomic E-state index is 0.0643. The summed E-state index contributed by atoms with van der Waals surface area (Å²) >= 11 is 5.75. The number of hydrogen-bond donors (Lipinski definition) is 2. The monoisotopic (exact) mass is 333 g/mol. The Labute approximate surface area is 138 Å². The smallest absolute Gasteiger partial charge is 0.258 e. The first-order chi connectivity index (χ1) is 11.1. The van der Waals surface area contributed by atoms with Gasteiger partial charge in [-0.05, 0) is 31.2 Å². The topological polar surface area (TPSA) is 80.3 Å². The number of benzene rings is 1. The van der Waals surface area contributed by atoms with E-state index in [0.717, 1.165) is 0 Å². The van der Waals surface area contributed by atoms with Crippen molar-refractivity contribution >= 4 is 34.9 Å². The summed E-state index contributed by atoms with van der Waals surface area (Å²) in [5.41, 5.74) is 0.734. The summed E-state index contributed by atoms with van der Waals surface area (Å²) in [4.78, 5) is 28.1. The maximum Gasteiger partial charge on any atom is 0.258 e. The molecule has 120 valence electrons. The molecule has 0 unspecified atom stereocenters. The number of hydrogen-bond acceptors (Lipinski definition) is 4. The predicted octanol–water partition coefficient (Wildman–Crippen LogP) is 2.96. The van der Waals surface area contributed by atoms with E-state index in [0.29, 0.717) is 28.7 Å². The van der Waals surface area contributed by atoms with Gasteiger partial charge in [-0.15, -0.1) is 0 Å². The average molecular weight is 334 g/mol. The summed E-state index contributed by atoms with van der Waals surface area (Å²) in [6.07, 6.45) is 1.44. The highest BCUT2D eigenvalue weighted by Gasteiger charge is 2.13. The maximum absolute atomic E-state index is 12.3. The fourth-order valence-electron chi connectivity index (χ4n) is 1.80. The van der Waals surface area contributed by atoms with Crippen LogP contribution in [0.25, 0.3) is 0 Å². The Morgan fingerprint density at radius 3 is 2.65 bits per heavy atom. The largest absolute Gasteiger partial charge is 0.372 e. The van der Waals surface area contributed by atoms with E-state index in [2.05, 4.69) is 15.6 Å². The molecule has 0 saturated heterocycles. The molecule has 0 aliphatic rings. The van der Waals surface area contributed by atoms with Crippen LogP contribution in [0.15, 0.2) is 42.6 Å². The van der Waals surface area contributed by atoms with Gasteiger partial charge in [0.05, 0.1) is 16.3 Å². The van der Waals surface area contributed by atoms with Crippen molar-refractivity contribution in [3.8, 4) is 0 Å². The molecule has 0 fully saturated rings. The molecule has 1 aromatic heterocycles. The van der Waals surface area contributed by atoms with Gasteiger partial charge in [-0.3, -0.25) is 9.59 Å². The molecular weight excluding hydrogens is 318 g/mol. The molecule has 2 rings (SSSR count). The molecule has 2 N–H and O–H groups in total. The van der Waals surface area contributed by atoms with E-state index in [4.69, 9.17) is 16.3 Å². The van der Waals surface area contributed by atoms with Crippen molar-refractivity contribution in [3.05, 3.63) is 53.2 Å². The number of halogens is 1. The van der Waals surface area contributed by atoms with E-state index < -0.39 is 0 Å². The molecular formula is C16H16ClN3O3. The average Bonchev–Trinajstić information content (AvgIpc) is 2.55. The van der Waals surface area contributed by atoms with Gasteiger partial charge in [-0.2, -0.15) is 0 Å². The zero-order valence-electron chi connectivity index (χ0n) is 12.5. The van der Waals surface area contributed by atoms with E-state index >= 15 is 0 Å². The molecule has 1 heterocycles. The lowest BCUT2D eigenvalue weighted by Crippen LogP contribution is -2.21. The number of para-hydroxylation sites is 1. The Morgan fingerprint density at radius 1 is 1.17 bits per heavy atom. The molecule has 0 atom stereocenters. The molecule has 0 aliphatic carbocycles. The van der Waals surface area contributed by atoms with Gasteiger partial charge in [0.25, 0.3) is 5.91 Å². The molecule has 2 aromatic rings. The first kappa shape index (κ1) is 16.9. The zero-order chi connectivity index (χ0) is 16.7. The fourth-order valence-corrected chi connectivity index (χ4v) is 1.92. The highest BCUT2D eigenvalue weighted by Crippen LogP contribution is 2.17. The third-order valence-corrected chi connectivity index (χ3v) is 3.08. The molecule has 0 saturated carbocycles. The standard InChI is InChI=1S/C16H16ClN3O3/c1-2-23-10-15(21)19-13-6-4-3-5-12(13)16(22)20-14-8-7-11(17)9-18-14/h3-9H,2,10H2,1H3,(H,19,21)(H,18,20,22). The number of pyridine rings is 1. The van der Waals surface area contributed by atoms with Crippen LogP contribution >= 0.6 is 11.6 Å². The van der Waals surface area contributed by atoms with Crippen LogP contribution in [0.3, 0.4) is 0 Å². The summed E-state index contributed by atoms with van der Waals surface area (Å²) < 4.78 is 5.04. The Balaban J connectivity index is 2.10. The van der Waals surface area contributed by atoms with Gasteiger partial charge < -0.3 is 15.4 Å². The Hall–Kier alpha value is -2.44. The molecule has 0 spiro atoms. The number of rotatable bonds is 6. The molecule has 23 heavy (non-hydrogen) atoms. The predicted molar refractivity (Wildman–Crippen MR) is 88.8 cm³/mol. The van der Waals surface area contributed by atoms with Gasteiger partial charge >= 0.3 is 0 Å². The second kappa shape index (κ2) is 8.26.